The first-order valence-corrected chi connectivity index (χ1v) is 6.46. The molecule has 0 unspecified atom stereocenters. The summed E-state index contributed by atoms with van der Waals surface area (Å²) in [5, 5.41) is 6.19. The summed E-state index contributed by atoms with van der Waals surface area (Å²) < 4.78 is 10.0. The summed E-state index contributed by atoms with van der Waals surface area (Å²) in [5.74, 6) is 0.376. The van der Waals surface area contributed by atoms with E-state index in [0.29, 0.717) is 17.1 Å². The number of hydrogen-bond acceptors (Lipinski definition) is 5. The highest BCUT2D eigenvalue weighted by Gasteiger charge is 2.07. The summed E-state index contributed by atoms with van der Waals surface area (Å²) in [6, 6.07) is 9.97. The average molecular weight is 301 g/mol. The highest BCUT2D eigenvalue weighted by molar-refractivity contribution is 5.96. The summed E-state index contributed by atoms with van der Waals surface area (Å²) in [6.45, 7) is -0.180. The van der Waals surface area contributed by atoms with E-state index in [9.17, 15) is 9.59 Å². The van der Waals surface area contributed by atoms with Crippen molar-refractivity contribution in [3.05, 3.63) is 54.0 Å². The van der Waals surface area contributed by atoms with Crippen LogP contribution >= 0.6 is 0 Å². The first-order valence-electron chi connectivity index (χ1n) is 6.46. The fourth-order valence-electron chi connectivity index (χ4n) is 1.58. The van der Waals surface area contributed by atoms with Gasteiger partial charge in [-0.3, -0.25) is 9.59 Å². The Kier molecular flexibility index (Phi) is 5.31. The molecule has 2 aromatic rings. The molecule has 0 fully saturated rings. The van der Waals surface area contributed by atoms with E-state index in [2.05, 4.69) is 15.8 Å². The molecular weight excluding hydrogens is 286 g/mol. The Labute approximate surface area is 127 Å². The molecule has 0 bridgehead atoms. The number of rotatable bonds is 6. The van der Waals surface area contributed by atoms with Crippen LogP contribution in [0.15, 0.2) is 52.2 Å². The van der Waals surface area contributed by atoms with Crippen LogP contribution in [0.1, 0.15) is 16.1 Å². The van der Waals surface area contributed by atoms with Gasteiger partial charge in [0.25, 0.3) is 11.8 Å². The molecule has 0 atom stereocenters. The third-order valence-electron chi connectivity index (χ3n) is 2.69. The van der Waals surface area contributed by atoms with Crippen molar-refractivity contribution in [1.82, 2.24) is 10.7 Å². The topological polar surface area (TPSA) is 92.9 Å². The first-order chi connectivity index (χ1) is 10.7. The van der Waals surface area contributed by atoms with Crippen LogP contribution in [0, 0.1) is 0 Å². The lowest BCUT2D eigenvalue weighted by Gasteiger charge is -2.05. The van der Waals surface area contributed by atoms with Crippen molar-refractivity contribution in [2.45, 2.75) is 0 Å². The van der Waals surface area contributed by atoms with E-state index in [1.807, 2.05) is 0 Å². The molecule has 0 aliphatic carbocycles. The van der Waals surface area contributed by atoms with Crippen molar-refractivity contribution < 1.29 is 18.7 Å². The number of furan rings is 1. The lowest BCUT2D eigenvalue weighted by atomic mass is 10.2. The third kappa shape index (κ3) is 4.48. The van der Waals surface area contributed by atoms with Gasteiger partial charge in [-0.15, -0.1) is 0 Å². The molecule has 2 amide bonds. The van der Waals surface area contributed by atoms with E-state index < -0.39 is 5.91 Å². The first kappa shape index (κ1) is 15.3. The molecule has 7 heteroatoms. The van der Waals surface area contributed by atoms with Crippen molar-refractivity contribution in [3.63, 3.8) is 0 Å². The lowest BCUT2D eigenvalue weighted by Crippen LogP contribution is -2.34. The van der Waals surface area contributed by atoms with Crippen molar-refractivity contribution in [1.29, 1.82) is 0 Å². The summed E-state index contributed by atoms with van der Waals surface area (Å²) in [6.07, 6.45) is 2.86. The van der Waals surface area contributed by atoms with Crippen LogP contribution in [-0.2, 0) is 4.79 Å². The fourth-order valence-corrected chi connectivity index (χ4v) is 1.58. The Morgan fingerprint density at radius 3 is 2.68 bits per heavy atom. The third-order valence-corrected chi connectivity index (χ3v) is 2.69. The number of amides is 2. The molecule has 22 heavy (non-hydrogen) atoms. The van der Waals surface area contributed by atoms with Gasteiger partial charge in [0.1, 0.15) is 11.5 Å². The minimum absolute atomic E-state index is 0.180. The van der Waals surface area contributed by atoms with Crippen molar-refractivity contribution in [2.75, 3.05) is 13.7 Å². The van der Waals surface area contributed by atoms with Crippen LogP contribution in [0.2, 0.25) is 0 Å². The number of hydrogen-bond donors (Lipinski definition) is 2. The molecule has 1 aromatic heterocycles. The zero-order chi connectivity index (χ0) is 15.8. The quantitative estimate of drug-likeness (QED) is 0.618. The number of ether oxygens (including phenoxy) is 1. The van der Waals surface area contributed by atoms with Crippen molar-refractivity contribution in [3.8, 4) is 5.75 Å². The smallest absolute Gasteiger partial charge is 0.259 e. The molecule has 0 aliphatic rings. The second kappa shape index (κ2) is 7.63. The Bertz CT molecular complexity index is 648. The van der Waals surface area contributed by atoms with Crippen LogP contribution in [0.25, 0.3) is 0 Å². The van der Waals surface area contributed by atoms with Gasteiger partial charge < -0.3 is 14.5 Å². The average Bonchev–Trinajstić information content (AvgIpc) is 3.06. The number of hydrazone groups is 1. The second-order valence-electron chi connectivity index (χ2n) is 4.22. The van der Waals surface area contributed by atoms with Crippen LogP contribution in [-0.4, -0.2) is 31.7 Å². The highest BCUT2D eigenvalue weighted by atomic mass is 16.5. The molecule has 0 aliphatic heterocycles. The summed E-state index contributed by atoms with van der Waals surface area (Å²) in [5.41, 5.74) is 2.72. The predicted molar refractivity (Wildman–Crippen MR) is 79.8 cm³/mol. The van der Waals surface area contributed by atoms with Gasteiger partial charge in [-0.2, -0.15) is 5.10 Å². The zero-order valence-corrected chi connectivity index (χ0v) is 11.9. The van der Waals surface area contributed by atoms with E-state index >= 15 is 0 Å². The van der Waals surface area contributed by atoms with E-state index in [1.165, 1.54) is 12.5 Å². The van der Waals surface area contributed by atoms with E-state index in [4.69, 9.17) is 9.15 Å². The van der Waals surface area contributed by atoms with Gasteiger partial charge in [0.15, 0.2) is 0 Å². The standard InChI is InChI=1S/C15H15N3O4/c1-21-12-6-4-11(5-7-12)15(20)16-10-14(19)18-17-9-13-3-2-8-22-13/h2-9H,10H2,1H3,(H,16,20)(H,18,19). The summed E-state index contributed by atoms with van der Waals surface area (Å²) >= 11 is 0. The van der Waals surface area contributed by atoms with E-state index in [0.717, 1.165) is 0 Å². The normalized spacial score (nSPS) is 10.4. The molecule has 0 radical (unpaired) electrons. The molecule has 0 spiro atoms. The Morgan fingerprint density at radius 2 is 2.05 bits per heavy atom. The molecule has 0 saturated carbocycles. The predicted octanol–water partition coefficient (Wildman–Crippen LogP) is 1.17. The van der Waals surface area contributed by atoms with Crippen LogP contribution in [0.4, 0.5) is 0 Å². The minimum Gasteiger partial charge on any atom is -0.497 e. The van der Waals surface area contributed by atoms with Crippen LogP contribution < -0.4 is 15.5 Å². The number of nitrogens with one attached hydrogen (secondary N) is 2. The minimum atomic E-state index is -0.440. The Morgan fingerprint density at radius 1 is 1.27 bits per heavy atom. The van der Waals surface area contributed by atoms with Gasteiger partial charge in [-0.05, 0) is 36.4 Å². The van der Waals surface area contributed by atoms with Gasteiger partial charge >= 0.3 is 0 Å². The zero-order valence-electron chi connectivity index (χ0n) is 11.9. The van der Waals surface area contributed by atoms with Gasteiger partial charge in [-0.1, -0.05) is 0 Å². The summed E-state index contributed by atoms with van der Waals surface area (Å²) in [7, 11) is 1.54. The maximum absolute atomic E-state index is 11.8. The molecular formula is C15H15N3O4. The highest BCUT2D eigenvalue weighted by Crippen LogP contribution is 2.10. The van der Waals surface area contributed by atoms with Gasteiger partial charge in [0, 0.05) is 5.56 Å². The second-order valence-corrected chi connectivity index (χ2v) is 4.22. The maximum atomic E-state index is 11.8. The fraction of sp³-hybridized carbons (Fsp3) is 0.133. The molecule has 7 nitrogen and oxygen atoms in total. The molecule has 2 rings (SSSR count). The molecule has 1 heterocycles. The Hall–Kier alpha value is -3.09. The number of nitrogens with zero attached hydrogens (tertiary/aromatic N) is 1. The number of carbonyl (C=O) groups is 2. The molecule has 2 N–H and O–H groups in total. The molecule has 114 valence electrons. The SMILES string of the molecule is COc1ccc(C(=O)NCC(=O)NN=Cc2ccco2)cc1. The van der Waals surface area contributed by atoms with Crippen molar-refractivity contribution >= 4 is 18.0 Å². The monoisotopic (exact) mass is 301 g/mol. The van der Waals surface area contributed by atoms with Crippen molar-refractivity contribution in [2.24, 2.45) is 5.10 Å². The number of methoxy groups -OCH3 is 1. The molecule has 0 saturated heterocycles. The van der Waals surface area contributed by atoms with E-state index in [1.54, 1.807) is 43.5 Å². The van der Waals surface area contributed by atoms with Gasteiger partial charge in [-0.25, -0.2) is 5.43 Å². The number of benzene rings is 1. The van der Waals surface area contributed by atoms with Crippen LogP contribution in [0.5, 0.6) is 5.75 Å². The molecule has 1 aromatic carbocycles. The van der Waals surface area contributed by atoms with E-state index in [-0.39, 0.29) is 12.5 Å². The van der Waals surface area contributed by atoms with Crippen LogP contribution in [0.3, 0.4) is 0 Å². The maximum Gasteiger partial charge on any atom is 0.259 e. The number of carbonyl (C=O) groups excluding carboxylic acids is 2. The largest absolute Gasteiger partial charge is 0.497 e. The lowest BCUT2D eigenvalue weighted by molar-refractivity contribution is -0.120. The van der Waals surface area contributed by atoms with Gasteiger partial charge in [0.2, 0.25) is 0 Å². The summed E-state index contributed by atoms with van der Waals surface area (Å²) in [4.78, 5) is 23.3. The van der Waals surface area contributed by atoms with Gasteiger partial charge in [0.05, 0.1) is 26.1 Å². The Balaban J connectivity index is 1.76.